The molecular weight excluding hydrogens is 416 g/mol. The van der Waals surface area contributed by atoms with Crippen LogP contribution in [-0.2, 0) is 14.3 Å². The van der Waals surface area contributed by atoms with Crippen LogP contribution in [0.4, 0.5) is 5.69 Å². The quantitative estimate of drug-likeness (QED) is 0.209. The second-order valence-corrected chi connectivity index (χ2v) is 7.31. The molecule has 3 rings (SSSR count). The highest BCUT2D eigenvalue weighted by atomic mass is 16.6. The minimum absolute atomic E-state index is 0.0168. The fourth-order valence-corrected chi connectivity index (χ4v) is 2.82. The summed E-state index contributed by atoms with van der Waals surface area (Å²) in [5.41, 5.74) is 1.32. The van der Waals surface area contributed by atoms with Crippen LogP contribution < -0.4 is 9.47 Å². The molecule has 1 heterocycles. The fraction of sp³-hybridized carbons (Fsp3) is 0.261. The molecule has 9 heteroatoms. The van der Waals surface area contributed by atoms with E-state index in [0.717, 1.165) is 0 Å². The lowest BCUT2D eigenvalue weighted by Crippen LogP contribution is -2.15. The number of nitro benzene ring substituents is 1. The zero-order valence-electron chi connectivity index (χ0n) is 18.1. The molecule has 0 aromatic heterocycles. The molecule has 0 spiro atoms. The van der Waals surface area contributed by atoms with Gasteiger partial charge >= 0.3 is 11.9 Å². The largest absolute Gasteiger partial charge is 0.490 e. The average Bonchev–Trinajstić information content (AvgIpc) is 3.10. The third-order valence-corrected chi connectivity index (χ3v) is 4.53. The zero-order valence-corrected chi connectivity index (χ0v) is 18.1. The molecule has 0 atom stereocenters. The summed E-state index contributed by atoms with van der Waals surface area (Å²) in [6.07, 6.45) is 1.49. The third kappa shape index (κ3) is 5.00. The van der Waals surface area contributed by atoms with E-state index >= 15 is 0 Å². The molecule has 0 bridgehead atoms. The van der Waals surface area contributed by atoms with E-state index in [1.54, 1.807) is 58.0 Å². The summed E-state index contributed by atoms with van der Waals surface area (Å²) in [5.74, 6) is -0.769. The van der Waals surface area contributed by atoms with Crippen molar-refractivity contribution in [2.75, 3.05) is 6.61 Å². The number of aliphatic imine (C=N–C) groups is 1. The molecule has 0 saturated carbocycles. The van der Waals surface area contributed by atoms with Gasteiger partial charge in [-0.05, 0) is 43.7 Å². The lowest BCUT2D eigenvalue weighted by molar-refractivity contribution is -0.385. The molecule has 0 saturated heterocycles. The first-order valence-electron chi connectivity index (χ1n) is 9.96. The molecule has 1 aliphatic rings. The van der Waals surface area contributed by atoms with Crippen LogP contribution in [-0.4, -0.2) is 29.4 Å². The normalized spacial score (nSPS) is 14.3. The van der Waals surface area contributed by atoms with Crippen LogP contribution >= 0.6 is 0 Å². The van der Waals surface area contributed by atoms with Gasteiger partial charge in [0, 0.05) is 17.2 Å². The lowest BCUT2D eigenvalue weighted by Gasteiger charge is -2.12. The molecule has 0 amide bonds. The van der Waals surface area contributed by atoms with Crippen molar-refractivity contribution in [2.45, 2.75) is 27.7 Å². The third-order valence-electron chi connectivity index (χ3n) is 4.53. The topological polar surface area (TPSA) is 117 Å². The molecule has 0 aliphatic carbocycles. The maximum Gasteiger partial charge on any atom is 0.363 e. The van der Waals surface area contributed by atoms with Crippen molar-refractivity contribution in [3.8, 4) is 11.5 Å². The second-order valence-electron chi connectivity index (χ2n) is 7.31. The van der Waals surface area contributed by atoms with Gasteiger partial charge in [0.1, 0.15) is 0 Å². The highest BCUT2D eigenvalue weighted by molar-refractivity contribution is 6.13. The van der Waals surface area contributed by atoms with Crippen molar-refractivity contribution in [1.29, 1.82) is 0 Å². The summed E-state index contributed by atoms with van der Waals surface area (Å²) in [6.45, 7) is 7.22. The van der Waals surface area contributed by atoms with E-state index in [2.05, 4.69) is 4.99 Å². The zero-order chi connectivity index (χ0) is 23.4. The summed E-state index contributed by atoms with van der Waals surface area (Å²) in [4.78, 5) is 39.1. The van der Waals surface area contributed by atoms with Crippen LogP contribution in [0.3, 0.4) is 0 Å². The molecule has 0 fully saturated rings. The Balaban J connectivity index is 1.92. The predicted octanol–water partition coefficient (Wildman–Crippen LogP) is 4.21. The Bertz CT molecular complexity index is 1150. The van der Waals surface area contributed by atoms with Gasteiger partial charge in [0.25, 0.3) is 5.69 Å². The lowest BCUT2D eigenvalue weighted by atomic mass is 10.1. The van der Waals surface area contributed by atoms with Crippen LogP contribution in [0.1, 0.15) is 37.5 Å². The highest BCUT2D eigenvalue weighted by Crippen LogP contribution is 2.31. The van der Waals surface area contributed by atoms with Gasteiger partial charge in [-0.2, -0.15) is 0 Å². The minimum Gasteiger partial charge on any atom is -0.490 e. The molecule has 0 unspecified atom stereocenters. The van der Waals surface area contributed by atoms with Crippen LogP contribution in [0.5, 0.6) is 11.5 Å². The predicted molar refractivity (Wildman–Crippen MR) is 117 cm³/mol. The number of benzene rings is 2. The van der Waals surface area contributed by atoms with Crippen molar-refractivity contribution in [3.63, 3.8) is 0 Å². The standard InChI is InChI=1S/C23H22N2O7/c1-5-30-20-11-15(7-9-19(20)31-22(26)13(2)3)10-17-23(27)32-21(24-17)16-8-6-14(4)18(12-16)25(28)29/h6-13H,5H2,1-4H3/b17-10-. The summed E-state index contributed by atoms with van der Waals surface area (Å²) in [5, 5.41) is 11.2. The first kappa shape index (κ1) is 22.7. The van der Waals surface area contributed by atoms with Crippen LogP contribution in [0.15, 0.2) is 47.1 Å². The number of carbonyl (C=O) groups is 2. The number of nitrogens with zero attached hydrogens (tertiary/aromatic N) is 2. The van der Waals surface area contributed by atoms with E-state index in [1.165, 1.54) is 12.1 Å². The first-order chi connectivity index (χ1) is 15.2. The molecule has 1 aliphatic heterocycles. The minimum atomic E-state index is -0.684. The molecule has 0 radical (unpaired) electrons. The van der Waals surface area contributed by atoms with Gasteiger partial charge in [0.15, 0.2) is 17.2 Å². The molecule has 9 nitrogen and oxygen atoms in total. The number of esters is 2. The van der Waals surface area contributed by atoms with Crippen LogP contribution in [0, 0.1) is 23.0 Å². The van der Waals surface area contributed by atoms with E-state index in [4.69, 9.17) is 14.2 Å². The molecule has 0 N–H and O–H groups in total. The van der Waals surface area contributed by atoms with Crippen molar-refractivity contribution in [1.82, 2.24) is 0 Å². The van der Waals surface area contributed by atoms with E-state index in [1.807, 2.05) is 0 Å². The Morgan fingerprint density at radius 2 is 1.97 bits per heavy atom. The number of carbonyl (C=O) groups excluding carboxylic acids is 2. The SMILES string of the molecule is CCOc1cc(/C=C2\N=C(c3ccc(C)c([N+](=O)[O-])c3)OC2=O)ccc1OC(=O)C(C)C. The molecule has 32 heavy (non-hydrogen) atoms. The van der Waals surface area contributed by atoms with Crippen LogP contribution in [0.25, 0.3) is 6.08 Å². The average molecular weight is 438 g/mol. The Hall–Kier alpha value is -4.01. The maximum atomic E-state index is 12.3. The van der Waals surface area contributed by atoms with Crippen molar-refractivity contribution in [3.05, 3.63) is 68.9 Å². The Kier molecular flexibility index (Phi) is 6.67. The summed E-state index contributed by atoms with van der Waals surface area (Å²) >= 11 is 0. The molecule has 2 aromatic carbocycles. The number of aryl methyl sites for hydroxylation is 1. The molecule has 166 valence electrons. The number of rotatable bonds is 7. The van der Waals surface area contributed by atoms with Gasteiger partial charge < -0.3 is 14.2 Å². The van der Waals surface area contributed by atoms with Gasteiger partial charge in [-0.25, -0.2) is 9.79 Å². The smallest absolute Gasteiger partial charge is 0.363 e. The molecule has 2 aromatic rings. The second kappa shape index (κ2) is 9.42. The van der Waals surface area contributed by atoms with E-state index in [-0.39, 0.29) is 28.9 Å². The van der Waals surface area contributed by atoms with E-state index in [0.29, 0.717) is 29.0 Å². The van der Waals surface area contributed by atoms with E-state index < -0.39 is 16.9 Å². The summed E-state index contributed by atoms with van der Waals surface area (Å²) in [6, 6.07) is 9.33. The van der Waals surface area contributed by atoms with Gasteiger partial charge in [0.2, 0.25) is 5.90 Å². The summed E-state index contributed by atoms with van der Waals surface area (Å²) in [7, 11) is 0. The fourth-order valence-electron chi connectivity index (χ4n) is 2.82. The van der Waals surface area contributed by atoms with Crippen LogP contribution in [0.2, 0.25) is 0 Å². The number of cyclic esters (lactones) is 1. The number of hydrogen-bond acceptors (Lipinski definition) is 8. The van der Waals surface area contributed by atoms with Gasteiger partial charge in [-0.1, -0.05) is 26.0 Å². The highest BCUT2D eigenvalue weighted by Gasteiger charge is 2.26. The van der Waals surface area contributed by atoms with E-state index in [9.17, 15) is 19.7 Å². The molecular formula is C23H22N2O7. The van der Waals surface area contributed by atoms with Crippen molar-refractivity contribution >= 4 is 29.6 Å². The Morgan fingerprint density at radius 1 is 1.22 bits per heavy atom. The number of hydrogen-bond donors (Lipinski definition) is 0. The van der Waals surface area contributed by atoms with Gasteiger partial charge in [-0.15, -0.1) is 0 Å². The van der Waals surface area contributed by atoms with Gasteiger partial charge in [0.05, 0.1) is 17.4 Å². The Labute approximate surface area is 184 Å². The number of ether oxygens (including phenoxy) is 3. The monoisotopic (exact) mass is 438 g/mol. The van der Waals surface area contributed by atoms with Gasteiger partial charge in [-0.3, -0.25) is 14.9 Å². The number of nitro groups is 1. The van der Waals surface area contributed by atoms with Crippen molar-refractivity contribution in [2.24, 2.45) is 10.9 Å². The Morgan fingerprint density at radius 3 is 2.62 bits per heavy atom. The summed E-state index contributed by atoms with van der Waals surface area (Å²) < 4.78 is 16.1. The van der Waals surface area contributed by atoms with Crippen molar-refractivity contribution < 1.29 is 28.7 Å². The first-order valence-corrected chi connectivity index (χ1v) is 9.96. The maximum absolute atomic E-state index is 12.3.